The van der Waals surface area contributed by atoms with Crippen molar-refractivity contribution in [2.75, 3.05) is 26.7 Å². The van der Waals surface area contributed by atoms with Gasteiger partial charge in [0.2, 0.25) is 0 Å². The van der Waals surface area contributed by atoms with Crippen molar-refractivity contribution in [3.05, 3.63) is 20.8 Å². The minimum Gasteiger partial charge on any atom is -0.326 e. The number of nitrogens with two attached hydrogens (primary N) is 1. The summed E-state index contributed by atoms with van der Waals surface area (Å²) in [6.45, 7) is 7.85. The molecule has 3 atom stereocenters. The highest BCUT2D eigenvalue weighted by Gasteiger charge is 2.33. The van der Waals surface area contributed by atoms with Gasteiger partial charge in [-0.05, 0) is 48.5 Å². The van der Waals surface area contributed by atoms with E-state index < -0.39 is 0 Å². The van der Waals surface area contributed by atoms with E-state index in [1.165, 1.54) is 8.66 Å². The molecule has 1 fully saturated rings. The highest BCUT2D eigenvalue weighted by atomic mass is 79.9. The maximum absolute atomic E-state index is 6.42. The Hall–Kier alpha value is 0.0600. The van der Waals surface area contributed by atoms with E-state index in [1.807, 2.05) is 11.3 Å². The number of hydrogen-bond acceptors (Lipinski definition) is 4. The molecule has 108 valence electrons. The maximum atomic E-state index is 6.42. The van der Waals surface area contributed by atoms with Crippen molar-refractivity contribution in [1.82, 2.24) is 9.80 Å². The summed E-state index contributed by atoms with van der Waals surface area (Å²) >= 11 is 5.39. The van der Waals surface area contributed by atoms with Crippen LogP contribution in [0.4, 0.5) is 0 Å². The van der Waals surface area contributed by atoms with Gasteiger partial charge in [0.05, 0.1) is 9.83 Å². The van der Waals surface area contributed by atoms with Crippen LogP contribution in [0.1, 0.15) is 31.2 Å². The van der Waals surface area contributed by atoms with Crippen LogP contribution in [0.2, 0.25) is 0 Å². The topological polar surface area (TPSA) is 32.5 Å². The summed E-state index contributed by atoms with van der Waals surface area (Å²) in [5, 5.41) is 0. The highest BCUT2D eigenvalue weighted by molar-refractivity contribution is 9.11. The maximum Gasteiger partial charge on any atom is 0.0702 e. The van der Waals surface area contributed by atoms with Gasteiger partial charge < -0.3 is 10.6 Å². The molecule has 3 unspecified atom stereocenters. The lowest BCUT2D eigenvalue weighted by Gasteiger charge is -2.44. The average Bonchev–Trinajstić information content (AvgIpc) is 2.78. The molecule has 1 aliphatic rings. The molecular formula is C14H24BrN3S. The van der Waals surface area contributed by atoms with Gasteiger partial charge >= 0.3 is 0 Å². The number of hydrogen-bond donors (Lipinski definition) is 1. The van der Waals surface area contributed by atoms with Gasteiger partial charge in [0.15, 0.2) is 0 Å². The number of thiophene rings is 1. The second-order valence-corrected chi connectivity index (χ2v) is 8.00. The first-order valence-electron chi connectivity index (χ1n) is 6.98. The number of piperazine rings is 1. The fourth-order valence-electron chi connectivity index (χ4n) is 2.90. The molecule has 0 aliphatic carbocycles. The third kappa shape index (κ3) is 3.58. The molecule has 0 aromatic carbocycles. The lowest BCUT2D eigenvalue weighted by atomic mass is 10.00. The summed E-state index contributed by atoms with van der Waals surface area (Å²) in [4.78, 5) is 6.38. The smallest absolute Gasteiger partial charge is 0.0702 e. The highest BCUT2D eigenvalue weighted by Crippen LogP contribution is 2.35. The van der Waals surface area contributed by atoms with Gasteiger partial charge in [-0.25, -0.2) is 0 Å². The summed E-state index contributed by atoms with van der Waals surface area (Å²) in [6.07, 6.45) is 1.01. The van der Waals surface area contributed by atoms with Crippen LogP contribution in [0.3, 0.4) is 0 Å². The predicted octanol–water partition coefficient (Wildman–Crippen LogP) is 2.92. The standard InChI is InChI=1S/C14H24BrN3S/c1-4-11(16)14(12-5-6-13(15)19-12)18-8-7-17(3)9-10(18)2/h5-6,10-11,14H,4,7-9,16H2,1-3H3. The summed E-state index contributed by atoms with van der Waals surface area (Å²) in [5.74, 6) is 0. The minimum atomic E-state index is 0.205. The van der Waals surface area contributed by atoms with Gasteiger partial charge in [-0.1, -0.05) is 6.92 Å². The van der Waals surface area contributed by atoms with Gasteiger partial charge in [-0.2, -0.15) is 0 Å². The Morgan fingerprint density at radius 3 is 2.74 bits per heavy atom. The predicted molar refractivity (Wildman–Crippen MR) is 86.7 cm³/mol. The second-order valence-electron chi connectivity index (χ2n) is 5.51. The van der Waals surface area contributed by atoms with E-state index >= 15 is 0 Å². The van der Waals surface area contributed by atoms with E-state index in [4.69, 9.17) is 5.73 Å². The zero-order chi connectivity index (χ0) is 14.0. The third-order valence-electron chi connectivity index (χ3n) is 4.00. The molecule has 19 heavy (non-hydrogen) atoms. The molecule has 0 spiro atoms. The van der Waals surface area contributed by atoms with Gasteiger partial charge in [0.25, 0.3) is 0 Å². The van der Waals surface area contributed by atoms with Crippen LogP contribution in [0.25, 0.3) is 0 Å². The molecule has 5 heteroatoms. The summed E-state index contributed by atoms with van der Waals surface area (Å²) in [5.41, 5.74) is 6.42. The van der Waals surface area contributed by atoms with E-state index in [2.05, 4.69) is 58.8 Å². The third-order valence-corrected chi connectivity index (χ3v) is 5.70. The van der Waals surface area contributed by atoms with Gasteiger partial charge in [-0.3, -0.25) is 4.90 Å². The number of rotatable bonds is 4. The Labute approximate surface area is 128 Å². The van der Waals surface area contributed by atoms with E-state index in [-0.39, 0.29) is 6.04 Å². The molecule has 2 rings (SSSR count). The van der Waals surface area contributed by atoms with Crippen molar-refractivity contribution in [3.63, 3.8) is 0 Å². The zero-order valence-corrected chi connectivity index (χ0v) is 14.4. The SMILES string of the molecule is CCC(N)C(c1ccc(Br)s1)N1CCN(C)CC1C. The van der Waals surface area contributed by atoms with Crippen LogP contribution in [0.5, 0.6) is 0 Å². The first-order valence-corrected chi connectivity index (χ1v) is 8.59. The molecule has 3 nitrogen and oxygen atoms in total. The monoisotopic (exact) mass is 345 g/mol. The number of likely N-dealkylation sites (N-methyl/N-ethyl adjacent to an activating group) is 1. The Kier molecular flexibility index (Phi) is 5.43. The van der Waals surface area contributed by atoms with Gasteiger partial charge in [-0.15, -0.1) is 11.3 Å². The molecule has 0 saturated carbocycles. The Balaban J connectivity index is 2.22. The minimum absolute atomic E-state index is 0.205. The molecule has 1 aromatic heterocycles. The van der Waals surface area contributed by atoms with Crippen molar-refractivity contribution >= 4 is 27.3 Å². The fourth-order valence-corrected chi connectivity index (χ4v) is 4.52. The average molecular weight is 346 g/mol. The van der Waals surface area contributed by atoms with Crippen molar-refractivity contribution in [3.8, 4) is 0 Å². The van der Waals surface area contributed by atoms with Crippen molar-refractivity contribution in [1.29, 1.82) is 0 Å². The normalized spacial score (nSPS) is 25.4. The Morgan fingerprint density at radius 1 is 1.47 bits per heavy atom. The molecule has 0 amide bonds. The first kappa shape index (κ1) is 15.4. The molecule has 2 N–H and O–H groups in total. The van der Waals surface area contributed by atoms with Gasteiger partial charge in [0.1, 0.15) is 0 Å². The number of halogens is 1. The van der Waals surface area contributed by atoms with Gasteiger partial charge in [0, 0.05) is 36.6 Å². The van der Waals surface area contributed by atoms with Crippen LogP contribution >= 0.6 is 27.3 Å². The molecule has 0 bridgehead atoms. The largest absolute Gasteiger partial charge is 0.326 e. The second kappa shape index (κ2) is 6.68. The van der Waals surface area contributed by atoms with E-state index in [1.54, 1.807) is 0 Å². The van der Waals surface area contributed by atoms with Crippen LogP contribution in [0, 0.1) is 0 Å². The van der Waals surface area contributed by atoms with Crippen LogP contribution in [0.15, 0.2) is 15.9 Å². The Bertz CT molecular complexity index is 409. The molecule has 1 saturated heterocycles. The van der Waals surface area contributed by atoms with Crippen molar-refractivity contribution in [2.24, 2.45) is 5.73 Å². The lowest BCUT2D eigenvalue weighted by Crippen LogP contribution is -2.54. The zero-order valence-electron chi connectivity index (χ0n) is 12.0. The summed E-state index contributed by atoms with van der Waals surface area (Å²) in [6, 6.07) is 5.47. The van der Waals surface area contributed by atoms with E-state index in [9.17, 15) is 0 Å². The summed E-state index contributed by atoms with van der Waals surface area (Å²) in [7, 11) is 2.20. The van der Waals surface area contributed by atoms with E-state index in [0.717, 1.165) is 26.1 Å². The number of nitrogens with zero attached hydrogens (tertiary/aromatic N) is 2. The van der Waals surface area contributed by atoms with Crippen molar-refractivity contribution in [2.45, 2.75) is 38.4 Å². The molecular weight excluding hydrogens is 322 g/mol. The molecule has 2 heterocycles. The lowest BCUT2D eigenvalue weighted by molar-refractivity contribution is 0.0506. The Morgan fingerprint density at radius 2 is 2.21 bits per heavy atom. The van der Waals surface area contributed by atoms with E-state index in [0.29, 0.717) is 12.1 Å². The fraction of sp³-hybridized carbons (Fsp3) is 0.714. The quantitative estimate of drug-likeness (QED) is 0.910. The molecule has 0 radical (unpaired) electrons. The molecule has 1 aromatic rings. The van der Waals surface area contributed by atoms with Crippen molar-refractivity contribution < 1.29 is 0 Å². The van der Waals surface area contributed by atoms with Crippen LogP contribution in [-0.4, -0.2) is 48.6 Å². The molecule has 1 aliphatic heterocycles. The van der Waals surface area contributed by atoms with Crippen LogP contribution < -0.4 is 5.73 Å². The first-order chi connectivity index (χ1) is 9.02. The van der Waals surface area contributed by atoms with Crippen LogP contribution in [-0.2, 0) is 0 Å². The summed E-state index contributed by atoms with van der Waals surface area (Å²) < 4.78 is 1.19.